The number of carboxylic acid groups (broad SMARTS) is 1. The van der Waals surface area contributed by atoms with Crippen molar-refractivity contribution >= 4 is 35.7 Å². The van der Waals surface area contributed by atoms with Crippen LogP contribution in [0.3, 0.4) is 0 Å². The average molecular weight is 923 g/mol. The first-order valence-electron chi connectivity index (χ1n) is 23.9. The van der Waals surface area contributed by atoms with Crippen LogP contribution in [-0.4, -0.2) is 108 Å². The van der Waals surface area contributed by atoms with Crippen molar-refractivity contribution < 1.29 is 48.1 Å². The number of carbonyl (C=O) groups is 6. The molecule has 0 heterocycles. The molecule has 1 fully saturated rings. The number of nitrogens with two attached hydrogens (primary N) is 1. The van der Waals surface area contributed by atoms with E-state index in [-0.39, 0.29) is 43.6 Å². The van der Waals surface area contributed by atoms with E-state index in [1.807, 2.05) is 64.1 Å². The second-order valence-electron chi connectivity index (χ2n) is 18.3. The lowest BCUT2D eigenvalue weighted by Crippen LogP contribution is -2.62. The number of benzene rings is 2. The van der Waals surface area contributed by atoms with Gasteiger partial charge < -0.3 is 51.2 Å². The van der Waals surface area contributed by atoms with Crippen molar-refractivity contribution in [1.29, 1.82) is 0 Å². The smallest absolute Gasteiger partial charge is 0.407 e. The maximum atomic E-state index is 14.6. The standard InChI is InChI=1S/C50H78N6O10/c1-8-9-10-20-27-42(65-30-34(4)51)35(5)48(60)56(7)41(28-33(2)3)46(58)55-44(39-25-18-13-19-26-39)47(59)53-40(29-52-50(63)66-32-38-23-16-12-17-24-38)45(57)54-43(49(61)62)36(6)64-31-37-21-14-11-15-22-37/h11-12,14-17,21-24,33-36,39-44H,8-10,13,18-20,25-32,51H2,1-7H3,(H,52,63)(H,53,59)(H,54,57)(H,55,58)(H,61,62)/t34-,35-,36+,40+,41+,42-,43+,44+/m1/s1. The van der Waals surface area contributed by atoms with Crippen LogP contribution in [0.4, 0.5) is 4.79 Å². The first kappa shape index (κ1) is 55.3. The Morgan fingerprint density at radius 3 is 1.97 bits per heavy atom. The molecule has 66 heavy (non-hydrogen) atoms. The number of hydrogen-bond acceptors (Lipinski definition) is 10. The summed E-state index contributed by atoms with van der Waals surface area (Å²) in [4.78, 5) is 84.4. The van der Waals surface area contributed by atoms with Crippen molar-refractivity contribution in [2.75, 3.05) is 20.2 Å². The average Bonchev–Trinajstić information content (AvgIpc) is 3.31. The van der Waals surface area contributed by atoms with E-state index in [1.165, 1.54) is 11.8 Å². The summed E-state index contributed by atoms with van der Waals surface area (Å²) < 4.78 is 17.4. The van der Waals surface area contributed by atoms with Gasteiger partial charge in [-0.1, -0.05) is 133 Å². The van der Waals surface area contributed by atoms with Gasteiger partial charge in [-0.15, -0.1) is 0 Å². The quantitative estimate of drug-likeness (QED) is 0.0531. The summed E-state index contributed by atoms with van der Waals surface area (Å²) in [6.45, 7) is 11.0. The Bertz CT molecular complexity index is 1780. The third-order valence-corrected chi connectivity index (χ3v) is 12.1. The fourth-order valence-corrected chi connectivity index (χ4v) is 8.12. The lowest BCUT2D eigenvalue weighted by atomic mass is 9.83. The molecule has 368 valence electrons. The molecule has 5 amide bonds. The van der Waals surface area contributed by atoms with E-state index < -0.39 is 78.6 Å². The van der Waals surface area contributed by atoms with Crippen molar-refractivity contribution in [2.45, 2.75) is 168 Å². The molecule has 0 bridgehead atoms. The Morgan fingerprint density at radius 2 is 1.39 bits per heavy atom. The van der Waals surface area contributed by atoms with Gasteiger partial charge in [-0.05, 0) is 62.5 Å². The van der Waals surface area contributed by atoms with Crippen LogP contribution in [0.1, 0.15) is 123 Å². The molecule has 0 unspecified atom stereocenters. The van der Waals surface area contributed by atoms with Gasteiger partial charge in [0.1, 0.15) is 24.7 Å². The molecule has 1 aliphatic rings. The van der Waals surface area contributed by atoms with Gasteiger partial charge in [0, 0.05) is 13.1 Å². The van der Waals surface area contributed by atoms with Crippen LogP contribution in [0, 0.1) is 17.8 Å². The van der Waals surface area contributed by atoms with Crippen molar-refractivity contribution in [1.82, 2.24) is 26.2 Å². The molecule has 16 nitrogen and oxygen atoms in total. The van der Waals surface area contributed by atoms with E-state index in [4.69, 9.17) is 19.9 Å². The number of amides is 5. The Balaban J connectivity index is 1.89. The fraction of sp³-hybridized carbons (Fsp3) is 0.640. The van der Waals surface area contributed by atoms with Gasteiger partial charge in [-0.2, -0.15) is 0 Å². The monoisotopic (exact) mass is 923 g/mol. The minimum Gasteiger partial charge on any atom is -0.480 e. The predicted molar refractivity (Wildman–Crippen MR) is 253 cm³/mol. The number of carboxylic acids is 1. The van der Waals surface area contributed by atoms with Gasteiger partial charge in [0.05, 0.1) is 37.9 Å². The zero-order valence-electron chi connectivity index (χ0n) is 40.3. The normalized spacial score (nSPS) is 16.6. The summed E-state index contributed by atoms with van der Waals surface area (Å²) in [7, 11) is 1.60. The van der Waals surface area contributed by atoms with E-state index in [0.717, 1.165) is 56.1 Å². The minimum atomic E-state index is -1.54. The summed E-state index contributed by atoms with van der Waals surface area (Å²) >= 11 is 0. The highest BCUT2D eigenvalue weighted by Gasteiger charge is 2.39. The van der Waals surface area contributed by atoms with Crippen LogP contribution < -0.4 is 27.0 Å². The highest BCUT2D eigenvalue weighted by molar-refractivity contribution is 5.95. The van der Waals surface area contributed by atoms with Gasteiger partial charge in [0.2, 0.25) is 23.6 Å². The highest BCUT2D eigenvalue weighted by atomic mass is 16.5. The largest absolute Gasteiger partial charge is 0.480 e. The molecule has 0 aliphatic heterocycles. The van der Waals surface area contributed by atoms with E-state index >= 15 is 0 Å². The molecule has 0 spiro atoms. The third kappa shape index (κ3) is 19.4. The van der Waals surface area contributed by atoms with Gasteiger partial charge in [0.25, 0.3) is 0 Å². The van der Waals surface area contributed by atoms with Gasteiger partial charge in [-0.3, -0.25) is 19.2 Å². The first-order valence-corrected chi connectivity index (χ1v) is 23.9. The minimum absolute atomic E-state index is 0.00511. The maximum Gasteiger partial charge on any atom is 0.407 e. The summed E-state index contributed by atoms with van der Waals surface area (Å²) in [5.41, 5.74) is 7.56. The number of aliphatic carboxylic acids is 1. The Labute approximate surface area is 392 Å². The molecule has 3 rings (SSSR count). The number of alkyl carbamates (subject to hydrolysis) is 1. The summed E-state index contributed by atoms with van der Waals surface area (Å²) in [6, 6.07) is 12.8. The fourth-order valence-electron chi connectivity index (χ4n) is 8.12. The number of hydrogen-bond donors (Lipinski definition) is 6. The number of likely N-dealkylation sites (N-methyl/N-ethyl adjacent to an activating group) is 1. The Kier molecular flexibility index (Phi) is 24.7. The van der Waals surface area contributed by atoms with Crippen LogP contribution in [0.15, 0.2) is 60.7 Å². The molecular weight excluding hydrogens is 845 g/mol. The third-order valence-electron chi connectivity index (χ3n) is 12.1. The number of carbonyl (C=O) groups excluding carboxylic acids is 5. The SMILES string of the molecule is CCCCCC[C@@H](OC[C@@H](C)N)[C@@H](C)C(=O)N(C)[C@@H](CC(C)C)C(=O)N[C@H](C(=O)N[C@@H](CNC(=O)OCc1ccccc1)C(=O)N[C@H](C(=O)O)[C@H](C)OCc1ccccc1)C1CCCCC1. The number of unbranched alkanes of at least 4 members (excludes halogenated alkanes) is 3. The molecule has 2 aromatic carbocycles. The van der Waals surface area contributed by atoms with E-state index in [9.17, 15) is 33.9 Å². The molecule has 2 aromatic rings. The molecule has 1 saturated carbocycles. The lowest BCUT2D eigenvalue weighted by Gasteiger charge is -2.36. The zero-order valence-corrected chi connectivity index (χ0v) is 40.3. The lowest BCUT2D eigenvalue weighted by molar-refractivity contribution is -0.147. The molecule has 0 radical (unpaired) electrons. The molecule has 0 saturated heterocycles. The Morgan fingerprint density at radius 1 is 0.773 bits per heavy atom. The summed E-state index contributed by atoms with van der Waals surface area (Å²) in [5.74, 6) is -4.66. The van der Waals surface area contributed by atoms with Gasteiger partial charge >= 0.3 is 12.1 Å². The molecule has 7 N–H and O–H groups in total. The van der Waals surface area contributed by atoms with E-state index in [0.29, 0.717) is 25.7 Å². The van der Waals surface area contributed by atoms with E-state index in [2.05, 4.69) is 28.2 Å². The van der Waals surface area contributed by atoms with Crippen LogP contribution in [0.5, 0.6) is 0 Å². The Hall–Kier alpha value is -5.06. The number of ether oxygens (including phenoxy) is 3. The molecule has 8 atom stereocenters. The topological polar surface area (TPSA) is 228 Å². The maximum absolute atomic E-state index is 14.6. The molecule has 0 aromatic heterocycles. The number of nitrogens with zero attached hydrogens (tertiary/aromatic N) is 1. The van der Waals surface area contributed by atoms with Gasteiger partial charge in [-0.25, -0.2) is 9.59 Å². The molecular formula is C50H78N6O10. The zero-order chi connectivity index (χ0) is 48.6. The van der Waals surface area contributed by atoms with Crippen molar-refractivity contribution in [2.24, 2.45) is 23.5 Å². The van der Waals surface area contributed by atoms with Crippen LogP contribution in [0.25, 0.3) is 0 Å². The van der Waals surface area contributed by atoms with Crippen LogP contribution >= 0.6 is 0 Å². The molecule has 16 heteroatoms. The second-order valence-corrected chi connectivity index (χ2v) is 18.3. The van der Waals surface area contributed by atoms with Crippen molar-refractivity contribution in [3.8, 4) is 0 Å². The van der Waals surface area contributed by atoms with Crippen molar-refractivity contribution in [3.05, 3.63) is 71.8 Å². The second kappa shape index (κ2) is 29.6. The highest BCUT2D eigenvalue weighted by Crippen LogP contribution is 2.28. The van der Waals surface area contributed by atoms with Crippen LogP contribution in [-0.2, 0) is 51.4 Å². The van der Waals surface area contributed by atoms with Crippen molar-refractivity contribution in [3.63, 3.8) is 0 Å². The number of rotatable bonds is 29. The van der Waals surface area contributed by atoms with Crippen LogP contribution in [0.2, 0.25) is 0 Å². The predicted octanol–water partition coefficient (Wildman–Crippen LogP) is 5.85. The first-order chi connectivity index (χ1) is 31.5. The summed E-state index contributed by atoms with van der Waals surface area (Å²) in [6.07, 6.45) is 6.55. The van der Waals surface area contributed by atoms with E-state index in [1.54, 1.807) is 31.3 Å². The molecule has 1 aliphatic carbocycles. The van der Waals surface area contributed by atoms with Gasteiger partial charge in [0.15, 0.2) is 6.04 Å². The number of nitrogens with one attached hydrogen (secondary N) is 4. The summed E-state index contributed by atoms with van der Waals surface area (Å²) in [5, 5.41) is 21.0.